The number of nitrogen functional groups attached to an aromatic ring is 1. The average Bonchev–Trinajstić information content (AvgIpc) is 2.76. The van der Waals surface area contributed by atoms with Crippen molar-refractivity contribution in [3.05, 3.63) is 16.1 Å². The van der Waals surface area contributed by atoms with Gasteiger partial charge in [-0.05, 0) is 20.4 Å². The Hall–Kier alpha value is -0.980. The summed E-state index contributed by atoms with van der Waals surface area (Å²) in [6, 6.07) is 0.522. The van der Waals surface area contributed by atoms with E-state index in [4.69, 9.17) is 5.84 Å². The molecule has 0 spiro atoms. The first kappa shape index (κ1) is 14.1. The van der Waals surface area contributed by atoms with Gasteiger partial charge in [0.15, 0.2) is 5.01 Å². The van der Waals surface area contributed by atoms with Crippen LogP contribution in [0.4, 0.5) is 0 Å². The van der Waals surface area contributed by atoms with Crippen LogP contribution in [0.15, 0.2) is 5.38 Å². The van der Waals surface area contributed by atoms with Crippen LogP contribution >= 0.6 is 11.3 Å². The lowest BCUT2D eigenvalue weighted by molar-refractivity contribution is 0.0953. The van der Waals surface area contributed by atoms with E-state index in [1.165, 1.54) is 17.8 Å². The Balaban J connectivity index is 2.57. The summed E-state index contributed by atoms with van der Waals surface area (Å²) < 4.78 is 0. The normalized spacial score (nSPS) is 12.8. The second kappa shape index (κ2) is 6.68. The van der Waals surface area contributed by atoms with Gasteiger partial charge < -0.3 is 0 Å². The molecule has 96 valence electrons. The van der Waals surface area contributed by atoms with E-state index in [0.29, 0.717) is 11.0 Å². The molecule has 0 aliphatic heterocycles. The number of rotatable bonds is 6. The first-order valence-electron chi connectivity index (χ1n) is 5.74. The van der Waals surface area contributed by atoms with Crippen LogP contribution in [0, 0.1) is 0 Å². The lowest BCUT2D eigenvalue weighted by atomic mass is 10.2. The molecule has 0 fully saturated rings. The third-order valence-corrected chi connectivity index (χ3v) is 3.64. The number of aromatic nitrogens is 1. The number of hydrogen-bond donors (Lipinski definition) is 2. The van der Waals surface area contributed by atoms with Gasteiger partial charge in [-0.2, -0.15) is 0 Å². The summed E-state index contributed by atoms with van der Waals surface area (Å²) in [7, 11) is 2.07. The number of carbonyl (C=O) groups is 1. The number of nitrogens with one attached hydrogen (secondary N) is 1. The maximum Gasteiger partial charge on any atom is 0.294 e. The fraction of sp³-hybridized carbons (Fsp3) is 0.636. The maximum atomic E-state index is 11.2. The summed E-state index contributed by atoms with van der Waals surface area (Å²) in [5, 5.41) is 2.32. The molecule has 0 aliphatic carbocycles. The third-order valence-electron chi connectivity index (χ3n) is 2.75. The number of thiazole rings is 1. The third kappa shape index (κ3) is 4.07. The Morgan fingerprint density at radius 1 is 1.71 bits per heavy atom. The van der Waals surface area contributed by atoms with Gasteiger partial charge in [0.25, 0.3) is 5.91 Å². The summed E-state index contributed by atoms with van der Waals surface area (Å²) >= 11 is 1.32. The van der Waals surface area contributed by atoms with Crippen molar-refractivity contribution < 1.29 is 4.79 Å². The van der Waals surface area contributed by atoms with Gasteiger partial charge >= 0.3 is 0 Å². The van der Waals surface area contributed by atoms with Gasteiger partial charge in [0.05, 0.1) is 5.69 Å². The van der Waals surface area contributed by atoms with Crippen LogP contribution in [-0.4, -0.2) is 28.9 Å². The molecule has 1 aromatic heterocycles. The largest absolute Gasteiger partial charge is 0.298 e. The topological polar surface area (TPSA) is 71.2 Å². The van der Waals surface area contributed by atoms with Crippen molar-refractivity contribution in [3.8, 4) is 0 Å². The second-order valence-corrected chi connectivity index (χ2v) is 5.03. The van der Waals surface area contributed by atoms with Gasteiger partial charge in [0.1, 0.15) is 0 Å². The summed E-state index contributed by atoms with van der Waals surface area (Å²) in [6.07, 6.45) is 2.33. The minimum Gasteiger partial charge on any atom is -0.298 e. The minimum atomic E-state index is -0.328. The molecule has 1 rings (SSSR count). The molecule has 0 radical (unpaired) electrons. The van der Waals surface area contributed by atoms with Crippen LogP contribution in [0.25, 0.3) is 0 Å². The molecule has 0 saturated carbocycles. The standard InChI is InChI=1S/C11H20N4OS/c1-4-5-8(2)15(3)6-9-7-17-11(13-9)10(16)14-12/h7-8H,4-6,12H2,1-3H3,(H,14,16). The summed E-state index contributed by atoms with van der Waals surface area (Å²) in [5.74, 6) is 4.73. The number of amides is 1. The van der Waals surface area contributed by atoms with Gasteiger partial charge in [0, 0.05) is 18.0 Å². The molecular weight excluding hydrogens is 236 g/mol. The van der Waals surface area contributed by atoms with E-state index < -0.39 is 0 Å². The predicted molar refractivity (Wildman–Crippen MR) is 69.6 cm³/mol. The Labute approximate surface area is 106 Å². The van der Waals surface area contributed by atoms with Crippen molar-refractivity contribution in [1.29, 1.82) is 0 Å². The molecule has 0 saturated heterocycles. The maximum absolute atomic E-state index is 11.2. The highest BCUT2D eigenvalue weighted by Gasteiger charge is 2.13. The Morgan fingerprint density at radius 2 is 2.41 bits per heavy atom. The van der Waals surface area contributed by atoms with E-state index in [1.807, 2.05) is 5.38 Å². The van der Waals surface area contributed by atoms with E-state index in [2.05, 4.69) is 36.2 Å². The first-order valence-corrected chi connectivity index (χ1v) is 6.62. The van der Waals surface area contributed by atoms with Gasteiger partial charge in [-0.25, -0.2) is 10.8 Å². The second-order valence-electron chi connectivity index (χ2n) is 4.17. The SMILES string of the molecule is CCCC(C)N(C)Cc1csc(C(=O)NN)n1. The van der Waals surface area contributed by atoms with Crippen molar-refractivity contribution >= 4 is 17.2 Å². The zero-order valence-corrected chi connectivity index (χ0v) is 11.4. The lowest BCUT2D eigenvalue weighted by Gasteiger charge is -2.23. The molecule has 5 nitrogen and oxygen atoms in total. The van der Waals surface area contributed by atoms with Gasteiger partial charge in [-0.3, -0.25) is 15.1 Å². The fourth-order valence-corrected chi connectivity index (χ4v) is 2.31. The molecule has 17 heavy (non-hydrogen) atoms. The Bertz CT molecular complexity index is 366. The highest BCUT2D eigenvalue weighted by atomic mass is 32.1. The number of carbonyl (C=O) groups excluding carboxylic acids is 1. The van der Waals surface area contributed by atoms with Crippen LogP contribution in [0.1, 0.15) is 42.2 Å². The highest BCUT2D eigenvalue weighted by Crippen LogP contribution is 2.13. The molecule has 0 aromatic carbocycles. The molecule has 1 amide bonds. The van der Waals surface area contributed by atoms with Gasteiger partial charge in [-0.1, -0.05) is 13.3 Å². The lowest BCUT2D eigenvalue weighted by Crippen LogP contribution is -2.30. The number of hydrogen-bond acceptors (Lipinski definition) is 5. The first-order chi connectivity index (χ1) is 8.08. The zero-order chi connectivity index (χ0) is 12.8. The molecular formula is C11H20N4OS. The van der Waals surface area contributed by atoms with Crippen molar-refractivity contribution in [2.24, 2.45) is 5.84 Å². The Kier molecular flexibility index (Phi) is 5.54. The van der Waals surface area contributed by atoms with E-state index >= 15 is 0 Å². The number of nitrogens with zero attached hydrogens (tertiary/aromatic N) is 2. The van der Waals surface area contributed by atoms with Crippen molar-refractivity contribution in [3.63, 3.8) is 0 Å². The van der Waals surface area contributed by atoms with Crippen LogP contribution in [0.5, 0.6) is 0 Å². The van der Waals surface area contributed by atoms with Crippen LogP contribution in [-0.2, 0) is 6.54 Å². The molecule has 3 N–H and O–H groups in total. The van der Waals surface area contributed by atoms with Crippen molar-refractivity contribution in [1.82, 2.24) is 15.3 Å². The predicted octanol–water partition coefficient (Wildman–Crippen LogP) is 1.37. The smallest absolute Gasteiger partial charge is 0.294 e. The molecule has 1 atom stereocenters. The van der Waals surface area contributed by atoms with Gasteiger partial charge in [0.2, 0.25) is 0 Å². The molecule has 0 bridgehead atoms. The van der Waals surface area contributed by atoms with Crippen LogP contribution in [0.2, 0.25) is 0 Å². The number of hydrazine groups is 1. The summed E-state index contributed by atoms with van der Waals surface area (Å²) in [5.41, 5.74) is 3.00. The molecule has 1 aromatic rings. The van der Waals surface area contributed by atoms with Crippen LogP contribution in [0.3, 0.4) is 0 Å². The molecule has 6 heteroatoms. The molecule has 1 heterocycles. The summed E-state index contributed by atoms with van der Waals surface area (Å²) in [4.78, 5) is 17.7. The minimum absolute atomic E-state index is 0.328. The monoisotopic (exact) mass is 256 g/mol. The number of nitrogens with two attached hydrogens (primary N) is 1. The van der Waals surface area contributed by atoms with Gasteiger partial charge in [-0.15, -0.1) is 11.3 Å². The molecule has 0 aliphatic rings. The van der Waals surface area contributed by atoms with E-state index in [1.54, 1.807) is 0 Å². The fourth-order valence-electron chi connectivity index (χ4n) is 1.60. The van der Waals surface area contributed by atoms with Crippen molar-refractivity contribution in [2.45, 2.75) is 39.3 Å². The summed E-state index contributed by atoms with van der Waals surface area (Å²) in [6.45, 7) is 5.13. The highest BCUT2D eigenvalue weighted by molar-refractivity contribution is 7.11. The zero-order valence-electron chi connectivity index (χ0n) is 10.6. The van der Waals surface area contributed by atoms with E-state index in [9.17, 15) is 4.79 Å². The quantitative estimate of drug-likeness (QED) is 0.458. The van der Waals surface area contributed by atoms with E-state index in [0.717, 1.165) is 18.7 Å². The van der Waals surface area contributed by atoms with Crippen molar-refractivity contribution in [2.75, 3.05) is 7.05 Å². The van der Waals surface area contributed by atoms with E-state index in [-0.39, 0.29) is 5.91 Å². The Morgan fingerprint density at radius 3 is 3.00 bits per heavy atom. The van der Waals surface area contributed by atoms with Crippen LogP contribution < -0.4 is 11.3 Å². The molecule has 1 unspecified atom stereocenters. The average molecular weight is 256 g/mol.